The number of rotatable bonds is 6. The zero-order valence-corrected chi connectivity index (χ0v) is 12.4. The number of fused-ring (bicyclic) bond motifs is 1. The Hall–Kier alpha value is -1.99. The number of aromatic amines is 1. The molecule has 0 bridgehead atoms. The van der Waals surface area contributed by atoms with E-state index in [4.69, 9.17) is 9.47 Å². The number of amides is 1. The highest BCUT2D eigenvalue weighted by Gasteiger charge is 2.14. The molecule has 0 spiro atoms. The van der Waals surface area contributed by atoms with Gasteiger partial charge in [-0.1, -0.05) is 0 Å². The molecule has 2 aromatic rings. The molecule has 3 heterocycles. The normalized spacial score (nSPS) is 18.5. The molecule has 1 unspecified atom stereocenters. The first-order valence-corrected chi connectivity index (χ1v) is 7.57. The lowest BCUT2D eigenvalue weighted by atomic mass is 10.1. The number of H-pyrrole nitrogens is 1. The van der Waals surface area contributed by atoms with E-state index in [-0.39, 0.29) is 18.6 Å². The van der Waals surface area contributed by atoms with E-state index in [1.54, 1.807) is 6.20 Å². The zero-order valence-electron chi connectivity index (χ0n) is 12.4. The first-order chi connectivity index (χ1) is 10.8. The number of nitrogens with zero attached hydrogens (tertiary/aromatic N) is 2. The van der Waals surface area contributed by atoms with Crippen LogP contribution in [-0.4, -0.2) is 47.0 Å². The highest BCUT2D eigenvalue weighted by molar-refractivity contribution is 5.80. The van der Waals surface area contributed by atoms with Crippen LogP contribution >= 0.6 is 0 Å². The summed E-state index contributed by atoms with van der Waals surface area (Å²) < 4.78 is 11.0. The molecule has 0 aliphatic carbocycles. The van der Waals surface area contributed by atoms with E-state index < -0.39 is 0 Å². The number of hydrogen-bond acceptors (Lipinski definition) is 5. The Balaban J connectivity index is 1.40. The van der Waals surface area contributed by atoms with Crippen LogP contribution in [0.1, 0.15) is 25.0 Å². The predicted molar refractivity (Wildman–Crippen MR) is 80.1 cm³/mol. The topological polar surface area (TPSA) is 89.1 Å². The summed E-state index contributed by atoms with van der Waals surface area (Å²) in [7, 11) is 0. The van der Waals surface area contributed by atoms with Gasteiger partial charge in [0, 0.05) is 18.2 Å². The second-order valence-electron chi connectivity index (χ2n) is 5.36. The Morgan fingerprint density at radius 3 is 3.32 bits per heavy atom. The molecule has 1 amide bonds. The second-order valence-corrected chi connectivity index (χ2v) is 5.36. The van der Waals surface area contributed by atoms with Crippen molar-refractivity contribution >= 4 is 16.9 Å². The van der Waals surface area contributed by atoms with E-state index in [0.29, 0.717) is 18.8 Å². The van der Waals surface area contributed by atoms with E-state index in [1.807, 2.05) is 12.1 Å². The van der Waals surface area contributed by atoms with Crippen LogP contribution in [0.3, 0.4) is 0 Å². The van der Waals surface area contributed by atoms with Crippen LogP contribution in [0.25, 0.3) is 11.0 Å². The molecule has 7 heteroatoms. The molecule has 2 N–H and O–H groups in total. The molecule has 1 aliphatic heterocycles. The van der Waals surface area contributed by atoms with Crippen molar-refractivity contribution in [3.05, 3.63) is 24.0 Å². The van der Waals surface area contributed by atoms with E-state index >= 15 is 0 Å². The fraction of sp³-hybridized carbons (Fsp3) is 0.533. The van der Waals surface area contributed by atoms with Crippen LogP contribution in [-0.2, 0) is 20.8 Å². The molecular weight excluding hydrogens is 284 g/mol. The van der Waals surface area contributed by atoms with Gasteiger partial charge in [0.25, 0.3) is 0 Å². The third-order valence-electron chi connectivity index (χ3n) is 3.68. The van der Waals surface area contributed by atoms with Gasteiger partial charge in [-0.2, -0.15) is 5.10 Å². The van der Waals surface area contributed by atoms with E-state index in [1.165, 1.54) is 6.42 Å². The summed E-state index contributed by atoms with van der Waals surface area (Å²) in [6.45, 7) is 1.69. The van der Waals surface area contributed by atoms with Gasteiger partial charge in [-0.15, -0.1) is 0 Å². The van der Waals surface area contributed by atoms with E-state index in [9.17, 15) is 4.79 Å². The Morgan fingerprint density at radius 1 is 1.50 bits per heavy atom. The lowest BCUT2D eigenvalue weighted by molar-refractivity contribution is -0.128. The minimum Gasteiger partial charge on any atom is -0.376 e. The van der Waals surface area contributed by atoms with E-state index in [0.717, 1.165) is 30.5 Å². The van der Waals surface area contributed by atoms with Gasteiger partial charge in [0.1, 0.15) is 6.61 Å². The lowest BCUT2D eigenvalue weighted by Crippen LogP contribution is -2.30. The summed E-state index contributed by atoms with van der Waals surface area (Å²) in [5, 5.41) is 10.7. The third kappa shape index (κ3) is 3.80. The highest BCUT2D eigenvalue weighted by atomic mass is 16.5. The molecule has 2 aromatic heterocycles. The van der Waals surface area contributed by atoms with Gasteiger partial charge in [-0.3, -0.25) is 9.89 Å². The van der Waals surface area contributed by atoms with Gasteiger partial charge >= 0.3 is 0 Å². The predicted octanol–water partition coefficient (Wildman–Crippen LogP) is 1.16. The van der Waals surface area contributed by atoms with Crippen LogP contribution in [0.2, 0.25) is 0 Å². The summed E-state index contributed by atoms with van der Waals surface area (Å²) in [6, 6.07) is 3.76. The van der Waals surface area contributed by atoms with Crippen molar-refractivity contribution in [2.24, 2.45) is 0 Å². The maximum absolute atomic E-state index is 11.8. The van der Waals surface area contributed by atoms with Crippen molar-refractivity contribution in [1.82, 2.24) is 20.5 Å². The van der Waals surface area contributed by atoms with Gasteiger partial charge in [0.2, 0.25) is 5.91 Å². The summed E-state index contributed by atoms with van der Waals surface area (Å²) in [5.74, 6) is -0.151. The van der Waals surface area contributed by atoms with Crippen LogP contribution < -0.4 is 5.32 Å². The summed E-state index contributed by atoms with van der Waals surface area (Å²) in [5.41, 5.74) is 1.49. The average Bonchev–Trinajstić information content (AvgIpc) is 2.97. The van der Waals surface area contributed by atoms with Gasteiger partial charge in [0.15, 0.2) is 5.65 Å². The van der Waals surface area contributed by atoms with Crippen molar-refractivity contribution < 1.29 is 14.3 Å². The molecule has 7 nitrogen and oxygen atoms in total. The summed E-state index contributed by atoms with van der Waals surface area (Å²) in [4.78, 5) is 15.9. The summed E-state index contributed by atoms with van der Waals surface area (Å²) >= 11 is 0. The molecule has 0 radical (unpaired) electrons. The lowest BCUT2D eigenvalue weighted by Gasteiger charge is -2.22. The quantitative estimate of drug-likeness (QED) is 0.836. The van der Waals surface area contributed by atoms with Gasteiger partial charge in [0.05, 0.1) is 24.9 Å². The largest absolute Gasteiger partial charge is 0.376 e. The molecule has 22 heavy (non-hydrogen) atoms. The number of hydrogen-bond donors (Lipinski definition) is 2. The second kappa shape index (κ2) is 7.33. The van der Waals surface area contributed by atoms with Crippen molar-refractivity contribution in [1.29, 1.82) is 0 Å². The standard InChI is InChI=1S/C15H20N4O3/c20-14(10-21-9-11-4-1-2-7-22-11)17-8-13-12-5-3-6-16-15(12)19-18-13/h3,5-6,11H,1-2,4,7-10H2,(H,17,20)(H,16,18,19). The fourth-order valence-electron chi connectivity index (χ4n) is 2.50. The number of ether oxygens (including phenoxy) is 2. The van der Waals surface area contributed by atoms with Gasteiger partial charge in [-0.25, -0.2) is 4.98 Å². The molecule has 1 saturated heterocycles. The maximum Gasteiger partial charge on any atom is 0.246 e. The Morgan fingerprint density at radius 2 is 2.45 bits per heavy atom. The Kier molecular flexibility index (Phi) is 4.97. The third-order valence-corrected chi connectivity index (χ3v) is 3.68. The van der Waals surface area contributed by atoms with Gasteiger partial charge in [-0.05, 0) is 31.4 Å². The van der Waals surface area contributed by atoms with Crippen LogP contribution in [0.4, 0.5) is 0 Å². The smallest absolute Gasteiger partial charge is 0.246 e. The van der Waals surface area contributed by atoms with Crippen molar-refractivity contribution in [2.75, 3.05) is 19.8 Å². The molecule has 1 aliphatic rings. The van der Waals surface area contributed by atoms with Crippen LogP contribution in [0.5, 0.6) is 0 Å². The maximum atomic E-state index is 11.8. The average molecular weight is 304 g/mol. The van der Waals surface area contributed by atoms with Crippen molar-refractivity contribution in [3.63, 3.8) is 0 Å². The van der Waals surface area contributed by atoms with Gasteiger partial charge < -0.3 is 14.8 Å². The monoisotopic (exact) mass is 304 g/mol. The number of pyridine rings is 1. The first kappa shape index (κ1) is 14.9. The Labute approximate surface area is 128 Å². The number of carbonyl (C=O) groups excluding carboxylic acids is 1. The SMILES string of the molecule is O=C(COCC1CCCCO1)NCc1[nH]nc2ncccc12. The molecule has 118 valence electrons. The van der Waals surface area contributed by atoms with Crippen molar-refractivity contribution in [2.45, 2.75) is 31.9 Å². The van der Waals surface area contributed by atoms with Crippen LogP contribution in [0.15, 0.2) is 18.3 Å². The molecule has 0 aromatic carbocycles. The van der Waals surface area contributed by atoms with E-state index in [2.05, 4.69) is 20.5 Å². The minimum atomic E-state index is -0.151. The number of nitrogens with one attached hydrogen (secondary N) is 2. The molecule has 0 saturated carbocycles. The first-order valence-electron chi connectivity index (χ1n) is 7.57. The highest BCUT2D eigenvalue weighted by Crippen LogP contribution is 2.13. The summed E-state index contributed by atoms with van der Waals surface area (Å²) in [6.07, 6.45) is 5.11. The Bertz CT molecular complexity index is 622. The molecule has 1 fully saturated rings. The fourth-order valence-corrected chi connectivity index (χ4v) is 2.50. The number of aromatic nitrogens is 3. The minimum absolute atomic E-state index is 0.0458. The number of carbonyl (C=O) groups is 1. The molecule has 3 rings (SSSR count). The van der Waals surface area contributed by atoms with Crippen LogP contribution in [0, 0.1) is 0 Å². The van der Waals surface area contributed by atoms with Crippen molar-refractivity contribution in [3.8, 4) is 0 Å². The molecular formula is C15H20N4O3. The zero-order chi connectivity index (χ0) is 15.2. The molecule has 1 atom stereocenters.